The molecule has 4 rings (SSSR count). The summed E-state index contributed by atoms with van der Waals surface area (Å²) in [6.45, 7) is 0. The molecule has 0 radical (unpaired) electrons. The van der Waals surface area contributed by atoms with Gasteiger partial charge in [0.2, 0.25) is 11.7 Å². The summed E-state index contributed by atoms with van der Waals surface area (Å²) in [6.07, 6.45) is 4.17. The molecule has 6 nitrogen and oxygen atoms in total. The topological polar surface area (TPSA) is 76.9 Å². The Morgan fingerprint density at radius 3 is 2.68 bits per heavy atom. The van der Waals surface area contributed by atoms with Gasteiger partial charge in [0.05, 0.1) is 17.1 Å². The highest BCUT2D eigenvalue weighted by molar-refractivity contribution is 7.09. The van der Waals surface area contributed by atoms with Gasteiger partial charge in [0.1, 0.15) is 0 Å². The number of carbonyl (C=O) groups is 2. The Morgan fingerprint density at radius 2 is 1.97 bits per heavy atom. The minimum absolute atomic E-state index is 0.164. The maximum absolute atomic E-state index is 12.5. The van der Waals surface area contributed by atoms with Crippen molar-refractivity contribution in [3.63, 3.8) is 0 Å². The zero-order valence-electron chi connectivity index (χ0n) is 16.7. The van der Waals surface area contributed by atoms with Crippen LogP contribution in [0, 0.1) is 0 Å². The summed E-state index contributed by atoms with van der Waals surface area (Å²) in [5.41, 5.74) is 2.94. The fraction of sp³-hybridized carbons (Fsp3) is 0.130. The number of imidazole rings is 1. The summed E-state index contributed by atoms with van der Waals surface area (Å²) in [4.78, 5) is 33.5. The second-order valence-electron chi connectivity index (χ2n) is 7.03. The van der Waals surface area contributed by atoms with Crippen molar-refractivity contribution < 1.29 is 9.59 Å². The Balaban J connectivity index is 1.34. The molecule has 2 aromatic carbocycles. The normalized spacial score (nSPS) is 10.8. The molecule has 2 heterocycles. The van der Waals surface area contributed by atoms with Crippen LogP contribution in [0.1, 0.15) is 32.4 Å². The van der Waals surface area contributed by atoms with Crippen LogP contribution in [0.3, 0.4) is 0 Å². The van der Waals surface area contributed by atoms with Gasteiger partial charge >= 0.3 is 0 Å². The van der Waals surface area contributed by atoms with Crippen LogP contribution >= 0.6 is 22.9 Å². The highest BCUT2D eigenvalue weighted by atomic mass is 35.5. The molecule has 0 fully saturated rings. The molecule has 0 unspecified atom stereocenters. The molecule has 1 N–H and O–H groups in total. The lowest BCUT2D eigenvalue weighted by Gasteiger charge is -2.06. The van der Waals surface area contributed by atoms with Gasteiger partial charge in [-0.2, -0.15) is 0 Å². The van der Waals surface area contributed by atoms with E-state index in [0.29, 0.717) is 28.5 Å². The molecule has 2 aromatic heterocycles. The molecule has 0 aliphatic carbocycles. The van der Waals surface area contributed by atoms with Crippen molar-refractivity contribution in [1.82, 2.24) is 14.5 Å². The van der Waals surface area contributed by atoms with Crippen molar-refractivity contribution >= 4 is 40.3 Å². The van der Waals surface area contributed by atoms with E-state index in [2.05, 4.69) is 15.3 Å². The van der Waals surface area contributed by atoms with Crippen LogP contribution in [0.2, 0.25) is 5.02 Å². The molecule has 0 spiro atoms. The maximum Gasteiger partial charge on any atom is 0.230 e. The Hall–Kier alpha value is -3.29. The first-order chi connectivity index (χ1) is 15.0. The van der Waals surface area contributed by atoms with E-state index in [1.54, 1.807) is 48.3 Å². The van der Waals surface area contributed by atoms with Crippen LogP contribution in [-0.4, -0.2) is 26.2 Å². The molecular weight excluding hydrogens is 432 g/mol. The number of aryl methyl sites for hydroxylation is 1. The molecule has 0 saturated carbocycles. The van der Waals surface area contributed by atoms with E-state index < -0.39 is 0 Å². The first-order valence-electron chi connectivity index (χ1n) is 9.57. The molecule has 0 atom stereocenters. The van der Waals surface area contributed by atoms with Gasteiger partial charge < -0.3 is 9.88 Å². The maximum atomic E-state index is 12.5. The average molecular weight is 451 g/mol. The molecule has 8 heteroatoms. The Bertz CT molecular complexity index is 1230. The number of nitrogens with one attached hydrogen (secondary N) is 1. The van der Waals surface area contributed by atoms with E-state index >= 15 is 0 Å². The summed E-state index contributed by atoms with van der Waals surface area (Å²) in [6, 6.07) is 14.4. The minimum atomic E-state index is -0.167. The molecule has 1 amide bonds. The lowest BCUT2D eigenvalue weighted by Crippen LogP contribution is -2.15. The monoisotopic (exact) mass is 450 g/mol. The van der Waals surface area contributed by atoms with Crippen molar-refractivity contribution in [1.29, 1.82) is 0 Å². The van der Waals surface area contributed by atoms with Gasteiger partial charge in [-0.15, -0.1) is 11.3 Å². The summed E-state index contributed by atoms with van der Waals surface area (Å²) in [7, 11) is 1.77. The predicted octanol–water partition coefficient (Wildman–Crippen LogP) is 4.53. The third-order valence-corrected chi connectivity index (χ3v) is 5.77. The summed E-state index contributed by atoms with van der Waals surface area (Å²) in [5, 5.41) is 6.37. The second kappa shape index (κ2) is 9.24. The van der Waals surface area contributed by atoms with Gasteiger partial charge in [0.25, 0.3) is 0 Å². The molecule has 0 aliphatic rings. The number of rotatable bonds is 7. The Labute approximate surface area is 188 Å². The van der Waals surface area contributed by atoms with E-state index in [-0.39, 0.29) is 18.1 Å². The number of thiazole rings is 1. The first kappa shape index (κ1) is 21.0. The molecule has 31 heavy (non-hydrogen) atoms. The average Bonchev–Trinajstić information content (AvgIpc) is 3.36. The van der Waals surface area contributed by atoms with Gasteiger partial charge in [-0.25, -0.2) is 9.97 Å². The van der Waals surface area contributed by atoms with Gasteiger partial charge in [0.15, 0.2) is 5.82 Å². The number of aromatic nitrogens is 3. The van der Waals surface area contributed by atoms with Crippen LogP contribution < -0.4 is 5.32 Å². The van der Waals surface area contributed by atoms with E-state index in [1.807, 2.05) is 29.6 Å². The molecule has 4 aromatic rings. The van der Waals surface area contributed by atoms with Gasteiger partial charge in [0, 0.05) is 47.5 Å². The Morgan fingerprint density at radius 1 is 1.16 bits per heavy atom. The quantitative estimate of drug-likeness (QED) is 0.419. The fourth-order valence-electron chi connectivity index (χ4n) is 3.12. The molecule has 0 aliphatic heterocycles. The van der Waals surface area contributed by atoms with Crippen molar-refractivity contribution in [3.05, 3.63) is 99.0 Å². The number of hydrogen-bond donors (Lipinski definition) is 1. The van der Waals surface area contributed by atoms with Crippen LogP contribution in [-0.2, 0) is 24.7 Å². The fourth-order valence-corrected chi connectivity index (χ4v) is 4.16. The number of benzene rings is 2. The number of carbonyl (C=O) groups excluding carboxylic acids is 2. The van der Waals surface area contributed by atoms with E-state index in [4.69, 9.17) is 11.6 Å². The SMILES string of the molecule is Cn1ccnc1C(=O)c1ccc(NC(=O)Cc2csc(Cc3cccc(Cl)c3)n2)cc1. The van der Waals surface area contributed by atoms with E-state index in [1.165, 1.54) is 11.3 Å². The van der Waals surface area contributed by atoms with Crippen molar-refractivity contribution in [2.24, 2.45) is 7.05 Å². The van der Waals surface area contributed by atoms with Crippen molar-refractivity contribution in [3.8, 4) is 0 Å². The van der Waals surface area contributed by atoms with Crippen LogP contribution in [0.25, 0.3) is 0 Å². The molecular formula is C23H19ClN4O2S. The third kappa shape index (κ3) is 5.25. The number of amides is 1. The molecule has 0 bridgehead atoms. The summed E-state index contributed by atoms with van der Waals surface area (Å²) >= 11 is 7.55. The highest BCUT2D eigenvalue weighted by Crippen LogP contribution is 2.19. The van der Waals surface area contributed by atoms with E-state index in [0.717, 1.165) is 16.3 Å². The van der Waals surface area contributed by atoms with Gasteiger partial charge in [-0.3, -0.25) is 9.59 Å². The number of hydrogen-bond acceptors (Lipinski definition) is 5. The van der Waals surface area contributed by atoms with Crippen LogP contribution in [0.15, 0.2) is 66.3 Å². The largest absolute Gasteiger partial charge is 0.331 e. The molecule has 0 saturated heterocycles. The molecule has 156 valence electrons. The number of halogens is 1. The third-order valence-electron chi connectivity index (χ3n) is 4.64. The number of anilines is 1. The smallest absolute Gasteiger partial charge is 0.230 e. The van der Waals surface area contributed by atoms with E-state index in [9.17, 15) is 9.59 Å². The summed E-state index contributed by atoms with van der Waals surface area (Å²) in [5.74, 6) is 0.0387. The predicted molar refractivity (Wildman–Crippen MR) is 122 cm³/mol. The minimum Gasteiger partial charge on any atom is -0.331 e. The number of ketones is 1. The lowest BCUT2D eigenvalue weighted by molar-refractivity contribution is -0.115. The first-order valence-corrected chi connectivity index (χ1v) is 10.8. The van der Waals surface area contributed by atoms with Crippen molar-refractivity contribution in [2.45, 2.75) is 12.8 Å². The van der Waals surface area contributed by atoms with Gasteiger partial charge in [-0.05, 0) is 42.0 Å². The summed E-state index contributed by atoms with van der Waals surface area (Å²) < 4.78 is 1.67. The highest BCUT2D eigenvalue weighted by Gasteiger charge is 2.14. The Kier molecular flexibility index (Phi) is 6.25. The standard InChI is InChI=1S/C23H19ClN4O2S/c1-28-10-9-25-23(28)22(30)16-5-7-18(8-6-16)26-20(29)13-19-14-31-21(27-19)12-15-3-2-4-17(24)11-15/h2-11,14H,12-13H2,1H3,(H,26,29). The van der Waals surface area contributed by atoms with Gasteiger partial charge in [-0.1, -0.05) is 23.7 Å². The van der Waals surface area contributed by atoms with Crippen molar-refractivity contribution in [2.75, 3.05) is 5.32 Å². The zero-order valence-corrected chi connectivity index (χ0v) is 18.3. The number of nitrogens with zero attached hydrogens (tertiary/aromatic N) is 3. The zero-order chi connectivity index (χ0) is 21.8. The lowest BCUT2D eigenvalue weighted by atomic mass is 10.1. The van der Waals surface area contributed by atoms with Crippen LogP contribution in [0.5, 0.6) is 0 Å². The van der Waals surface area contributed by atoms with Crippen LogP contribution in [0.4, 0.5) is 5.69 Å². The second-order valence-corrected chi connectivity index (χ2v) is 8.41.